The molecular formula is C30H54N2O19Si. The zero-order chi connectivity index (χ0) is 39.3. The van der Waals surface area contributed by atoms with Crippen LogP contribution >= 0.6 is 0 Å². The van der Waals surface area contributed by atoms with E-state index in [0.29, 0.717) is 6.04 Å². The number of aliphatic carboxylic acids is 1. The van der Waals surface area contributed by atoms with Crippen molar-refractivity contribution in [1.29, 1.82) is 0 Å². The summed E-state index contributed by atoms with van der Waals surface area (Å²) in [6, 6.07) is -2.17. The van der Waals surface area contributed by atoms with Crippen LogP contribution in [0, 0.1) is 0 Å². The van der Waals surface area contributed by atoms with Crippen LogP contribution in [0.5, 0.6) is 0 Å². The predicted octanol–water partition coefficient (Wildman–Crippen LogP) is -5.72. The lowest BCUT2D eigenvalue weighted by Crippen LogP contribution is -2.71. The zero-order valence-electron chi connectivity index (χ0n) is 29.5. The Labute approximate surface area is 300 Å². The first-order chi connectivity index (χ1) is 24.2. The summed E-state index contributed by atoms with van der Waals surface area (Å²) in [4.78, 5) is 37.0. The molecule has 0 aromatic carbocycles. The first kappa shape index (κ1) is 44.4. The van der Waals surface area contributed by atoms with Gasteiger partial charge >= 0.3 is 5.97 Å². The highest BCUT2D eigenvalue weighted by molar-refractivity contribution is 6.76. The molecule has 0 unspecified atom stereocenters. The highest BCUT2D eigenvalue weighted by atomic mass is 28.3. The molecule has 0 bridgehead atoms. The van der Waals surface area contributed by atoms with E-state index >= 15 is 0 Å². The molecule has 0 aliphatic carbocycles. The second-order valence-electron chi connectivity index (χ2n) is 14.4. The topological polar surface area (TPSA) is 333 Å². The maximum atomic E-state index is 12.8. The summed E-state index contributed by atoms with van der Waals surface area (Å²) in [5, 5.41) is 110. The summed E-state index contributed by atoms with van der Waals surface area (Å²) in [6.45, 7) is 5.93. The Bertz CT molecular complexity index is 1200. The van der Waals surface area contributed by atoms with Crippen molar-refractivity contribution in [2.75, 3.05) is 26.4 Å². The normalized spacial score (nSPS) is 39.7. The standard InChI is InChI=1S/C30H54N2O19Si/c1-12(36)31-18-14(38)8-30(29(44)45,50-25(18)20(40)15(39)9-33)51-26-22(42)17(11-35)48-28(23(26)43)49-24-19(32-13(2)37)27(46-6-7-52(3,4)5)47-16(10-34)21(24)41/h14-28,33-35,38-43H,6-11H2,1-5H3,(H,31,36)(H,32,37)(H,44,45)/t14-,15+,16+,17+,18+,19+,20-,21-,22-,23+,24+,25+,26-,27+,28-,30-/m0/s1. The number of aliphatic hydroxyl groups is 9. The molecule has 0 radical (unpaired) electrons. The van der Waals surface area contributed by atoms with Crippen molar-refractivity contribution >= 4 is 25.9 Å². The molecule has 0 aromatic rings. The lowest BCUT2D eigenvalue weighted by molar-refractivity contribution is -0.381. The van der Waals surface area contributed by atoms with Gasteiger partial charge in [0.05, 0.1) is 32.0 Å². The highest BCUT2D eigenvalue weighted by Crippen LogP contribution is 2.38. The molecule has 16 atom stereocenters. The minimum Gasteiger partial charge on any atom is -0.477 e. The molecule has 302 valence electrons. The van der Waals surface area contributed by atoms with E-state index in [2.05, 4.69) is 30.3 Å². The highest BCUT2D eigenvalue weighted by Gasteiger charge is 2.60. The third-order valence-electron chi connectivity index (χ3n) is 8.98. The van der Waals surface area contributed by atoms with E-state index in [0.717, 1.165) is 6.92 Å². The molecule has 0 aromatic heterocycles. The molecule has 3 aliphatic rings. The summed E-state index contributed by atoms with van der Waals surface area (Å²) in [5.74, 6) is -6.34. The van der Waals surface area contributed by atoms with Crippen molar-refractivity contribution in [2.45, 2.75) is 144 Å². The number of amides is 2. The number of hydrogen-bond donors (Lipinski definition) is 12. The lowest BCUT2D eigenvalue weighted by Gasteiger charge is -2.51. The average molecular weight is 775 g/mol. The number of carboxylic acids is 1. The van der Waals surface area contributed by atoms with Gasteiger partial charge in [0.2, 0.25) is 11.8 Å². The van der Waals surface area contributed by atoms with Crippen LogP contribution in [-0.4, -0.2) is 201 Å². The Kier molecular flexibility index (Phi) is 15.9. The third kappa shape index (κ3) is 10.6. The molecule has 3 fully saturated rings. The summed E-state index contributed by atoms with van der Waals surface area (Å²) in [6.07, 6.45) is -24.7. The fraction of sp³-hybridized carbons (Fsp3) is 0.900. The minimum atomic E-state index is -3.03. The van der Waals surface area contributed by atoms with Crippen LogP contribution < -0.4 is 10.6 Å². The van der Waals surface area contributed by atoms with Gasteiger partial charge < -0.3 is 90.1 Å². The van der Waals surface area contributed by atoms with Crippen LogP contribution in [0.3, 0.4) is 0 Å². The monoisotopic (exact) mass is 774 g/mol. The lowest BCUT2D eigenvalue weighted by atomic mass is 9.88. The van der Waals surface area contributed by atoms with E-state index in [4.69, 9.17) is 28.4 Å². The number of ether oxygens (including phenoxy) is 6. The second-order valence-corrected chi connectivity index (χ2v) is 20.0. The molecule has 3 saturated heterocycles. The zero-order valence-corrected chi connectivity index (χ0v) is 30.5. The second kappa shape index (κ2) is 18.6. The van der Waals surface area contributed by atoms with Gasteiger partial charge in [-0.1, -0.05) is 19.6 Å². The minimum absolute atomic E-state index is 0.172. The molecule has 21 nitrogen and oxygen atoms in total. The largest absolute Gasteiger partial charge is 0.477 e. The Morgan fingerprint density at radius 1 is 0.846 bits per heavy atom. The van der Waals surface area contributed by atoms with E-state index in [1.54, 1.807) is 0 Å². The number of nitrogens with one attached hydrogen (secondary N) is 2. The van der Waals surface area contributed by atoms with E-state index in [-0.39, 0.29) is 6.61 Å². The van der Waals surface area contributed by atoms with Crippen molar-refractivity contribution < 1.29 is 93.9 Å². The molecule has 22 heteroatoms. The van der Waals surface area contributed by atoms with Gasteiger partial charge in [-0.3, -0.25) is 9.59 Å². The maximum Gasteiger partial charge on any atom is 0.364 e. The van der Waals surface area contributed by atoms with Crippen molar-refractivity contribution in [1.82, 2.24) is 10.6 Å². The molecular weight excluding hydrogens is 720 g/mol. The Morgan fingerprint density at radius 3 is 1.88 bits per heavy atom. The van der Waals surface area contributed by atoms with E-state index in [1.807, 2.05) is 0 Å². The van der Waals surface area contributed by atoms with E-state index < -0.39 is 150 Å². The van der Waals surface area contributed by atoms with Crippen molar-refractivity contribution in [3.63, 3.8) is 0 Å². The molecule has 0 saturated carbocycles. The van der Waals surface area contributed by atoms with Gasteiger partial charge in [-0.2, -0.15) is 0 Å². The van der Waals surface area contributed by atoms with Crippen LogP contribution in [0.4, 0.5) is 0 Å². The molecule has 3 aliphatic heterocycles. The quantitative estimate of drug-likeness (QED) is 0.0650. The van der Waals surface area contributed by atoms with Gasteiger partial charge in [0.25, 0.3) is 5.79 Å². The Balaban J connectivity index is 1.99. The van der Waals surface area contributed by atoms with E-state index in [9.17, 15) is 65.4 Å². The third-order valence-corrected chi connectivity index (χ3v) is 10.7. The SMILES string of the molecule is CC(=O)N[C@H]1[C@H](OCC[Si](C)(C)C)O[C@H](CO)[C@H](O)[C@@H]1O[C@@H]1O[C@H](CO)[C@H](O)[C@H](O[C@]2(C(=O)O)C[C@H](O)[C@@H](NC(C)=O)[C@H]([C@@H](O)[C@H](O)CO)O2)[C@H]1O. The van der Waals surface area contributed by atoms with Crippen molar-refractivity contribution in [2.24, 2.45) is 0 Å². The molecule has 12 N–H and O–H groups in total. The first-order valence-electron chi connectivity index (χ1n) is 16.8. The van der Waals surface area contributed by atoms with E-state index in [1.165, 1.54) is 6.92 Å². The molecule has 3 heterocycles. The molecule has 0 spiro atoms. The number of carboxylic acid groups (broad SMARTS) is 1. The number of carbonyl (C=O) groups is 3. The summed E-state index contributed by atoms with van der Waals surface area (Å²) < 4.78 is 34.5. The Morgan fingerprint density at radius 2 is 1.38 bits per heavy atom. The average Bonchev–Trinajstić information content (AvgIpc) is 3.05. The Hall–Kier alpha value is -1.97. The van der Waals surface area contributed by atoms with Gasteiger partial charge in [0, 0.05) is 34.9 Å². The van der Waals surface area contributed by atoms with Gasteiger partial charge in [0.1, 0.15) is 67.1 Å². The van der Waals surface area contributed by atoms with Crippen molar-refractivity contribution in [3.05, 3.63) is 0 Å². The van der Waals surface area contributed by atoms with Gasteiger partial charge in [-0.25, -0.2) is 4.79 Å². The summed E-state index contributed by atoms with van der Waals surface area (Å²) >= 11 is 0. The van der Waals surface area contributed by atoms with Crippen LogP contribution in [0.1, 0.15) is 20.3 Å². The number of carbonyl (C=O) groups excluding carboxylic acids is 2. The first-order valence-corrected chi connectivity index (χ1v) is 20.5. The molecule has 3 rings (SSSR count). The van der Waals surface area contributed by atoms with Gasteiger partial charge in [0.15, 0.2) is 12.6 Å². The summed E-state index contributed by atoms with van der Waals surface area (Å²) in [7, 11) is -1.62. The number of aliphatic hydroxyl groups excluding tert-OH is 9. The summed E-state index contributed by atoms with van der Waals surface area (Å²) in [5.41, 5.74) is 0. The van der Waals surface area contributed by atoms with Gasteiger partial charge in [-0.05, 0) is 6.04 Å². The van der Waals surface area contributed by atoms with Gasteiger partial charge in [-0.15, -0.1) is 0 Å². The smallest absolute Gasteiger partial charge is 0.364 e. The predicted molar refractivity (Wildman–Crippen MR) is 174 cm³/mol. The maximum absolute atomic E-state index is 12.8. The molecule has 52 heavy (non-hydrogen) atoms. The fourth-order valence-corrected chi connectivity index (χ4v) is 6.90. The van der Waals surface area contributed by atoms with Crippen LogP contribution in [0.2, 0.25) is 25.7 Å². The fourth-order valence-electron chi connectivity index (χ4n) is 6.17. The molecule has 2 amide bonds. The number of rotatable bonds is 16. The van der Waals surface area contributed by atoms with Crippen LogP contribution in [0.25, 0.3) is 0 Å². The van der Waals surface area contributed by atoms with Crippen molar-refractivity contribution in [3.8, 4) is 0 Å². The van der Waals surface area contributed by atoms with Crippen LogP contribution in [0.15, 0.2) is 0 Å². The van der Waals surface area contributed by atoms with Crippen LogP contribution in [-0.2, 0) is 42.8 Å². The number of hydrogen-bond acceptors (Lipinski definition) is 18.